The van der Waals surface area contributed by atoms with Crippen LogP contribution in [0.1, 0.15) is 17.3 Å². The van der Waals surface area contributed by atoms with Gasteiger partial charge in [0.15, 0.2) is 0 Å². The van der Waals surface area contributed by atoms with Crippen LogP contribution in [0.4, 0.5) is 0 Å². The molecule has 1 rings (SSSR count). The van der Waals surface area contributed by atoms with Gasteiger partial charge >= 0.3 is 0 Å². The molecule has 23 heavy (non-hydrogen) atoms. The lowest BCUT2D eigenvalue weighted by Crippen LogP contribution is -2.30. The summed E-state index contributed by atoms with van der Waals surface area (Å²) in [5, 5.41) is 25.5. The Bertz CT molecular complexity index is 600. The standard InChI is InChI=1S/C14H18N4O5/c1-10(13(9-23-2)18(21)22)7-12(17-20)8-16-14(19)11-3-5-15-6-4-11/h3-7,13,20H,8-9H2,1-2H3,(H,16,19). The number of carbonyl (C=O) groups is 1. The van der Waals surface area contributed by atoms with E-state index in [0.29, 0.717) is 11.1 Å². The zero-order valence-electron chi connectivity index (χ0n) is 12.8. The summed E-state index contributed by atoms with van der Waals surface area (Å²) in [6.07, 6.45) is 4.30. The average molecular weight is 322 g/mol. The molecule has 2 N–H and O–H groups in total. The molecule has 1 amide bonds. The third-order valence-electron chi connectivity index (χ3n) is 3.00. The Hall–Kier alpha value is -2.81. The van der Waals surface area contributed by atoms with E-state index in [0.717, 1.165) is 0 Å². The molecule has 1 heterocycles. The fraction of sp³-hybridized carbons (Fsp3) is 0.357. The number of pyridine rings is 1. The number of aromatic nitrogens is 1. The summed E-state index contributed by atoms with van der Waals surface area (Å²) in [5.74, 6) is -0.373. The lowest BCUT2D eigenvalue weighted by atomic mass is 10.1. The number of carbonyl (C=O) groups excluding carboxylic acids is 1. The maximum atomic E-state index is 11.9. The van der Waals surface area contributed by atoms with Crippen LogP contribution >= 0.6 is 0 Å². The van der Waals surface area contributed by atoms with Gasteiger partial charge in [0.2, 0.25) is 0 Å². The minimum absolute atomic E-state index is 0.0770. The van der Waals surface area contributed by atoms with Crippen molar-refractivity contribution in [3.63, 3.8) is 0 Å². The molecule has 0 aliphatic rings. The van der Waals surface area contributed by atoms with Gasteiger partial charge in [0, 0.05) is 35.6 Å². The van der Waals surface area contributed by atoms with Crippen LogP contribution in [0, 0.1) is 10.1 Å². The minimum atomic E-state index is -1.05. The van der Waals surface area contributed by atoms with E-state index >= 15 is 0 Å². The van der Waals surface area contributed by atoms with Crippen LogP contribution in [0.3, 0.4) is 0 Å². The highest BCUT2D eigenvalue weighted by molar-refractivity contribution is 6.01. The van der Waals surface area contributed by atoms with E-state index in [4.69, 9.17) is 9.94 Å². The van der Waals surface area contributed by atoms with E-state index in [1.54, 1.807) is 0 Å². The van der Waals surface area contributed by atoms with Crippen molar-refractivity contribution in [2.75, 3.05) is 20.3 Å². The fourth-order valence-corrected chi connectivity index (χ4v) is 1.77. The van der Waals surface area contributed by atoms with Crippen LogP contribution in [0.15, 0.2) is 41.3 Å². The quantitative estimate of drug-likeness (QED) is 0.316. The third kappa shape index (κ3) is 5.83. The van der Waals surface area contributed by atoms with Crippen LogP contribution in [0.5, 0.6) is 0 Å². The number of ether oxygens (including phenoxy) is 1. The normalized spacial score (nSPS) is 13.5. The maximum absolute atomic E-state index is 11.9. The molecule has 0 spiro atoms. The zero-order chi connectivity index (χ0) is 17.2. The predicted octanol–water partition coefficient (Wildman–Crippen LogP) is 0.880. The van der Waals surface area contributed by atoms with Gasteiger partial charge in [0.05, 0.1) is 12.3 Å². The zero-order valence-corrected chi connectivity index (χ0v) is 12.8. The molecular formula is C14H18N4O5. The van der Waals surface area contributed by atoms with Gasteiger partial charge in [-0.15, -0.1) is 0 Å². The SMILES string of the molecule is COCC(C(C)=CC(CNC(=O)c1ccncc1)=NO)[N+](=O)[O-]. The summed E-state index contributed by atoms with van der Waals surface area (Å²) < 4.78 is 4.80. The van der Waals surface area contributed by atoms with Crippen LogP contribution < -0.4 is 5.32 Å². The Kier molecular flexibility index (Phi) is 7.34. The number of methoxy groups -OCH3 is 1. The van der Waals surface area contributed by atoms with E-state index in [-0.39, 0.29) is 24.8 Å². The number of nitrogens with one attached hydrogen (secondary N) is 1. The van der Waals surface area contributed by atoms with Crippen molar-refractivity contribution in [3.8, 4) is 0 Å². The molecule has 1 atom stereocenters. The summed E-state index contributed by atoms with van der Waals surface area (Å²) >= 11 is 0. The monoisotopic (exact) mass is 322 g/mol. The smallest absolute Gasteiger partial charge is 0.257 e. The van der Waals surface area contributed by atoms with Crippen LogP contribution in [0.2, 0.25) is 0 Å². The largest absolute Gasteiger partial charge is 0.411 e. The van der Waals surface area contributed by atoms with Crippen molar-refractivity contribution >= 4 is 11.6 Å². The Morgan fingerprint density at radius 1 is 1.57 bits per heavy atom. The number of nitro groups is 1. The Morgan fingerprint density at radius 3 is 2.74 bits per heavy atom. The molecule has 0 bridgehead atoms. The first-order valence-electron chi connectivity index (χ1n) is 6.69. The van der Waals surface area contributed by atoms with Gasteiger partial charge in [-0.25, -0.2) is 0 Å². The second-order valence-electron chi connectivity index (χ2n) is 4.65. The molecule has 124 valence electrons. The highest BCUT2D eigenvalue weighted by Crippen LogP contribution is 2.06. The van der Waals surface area contributed by atoms with Crippen molar-refractivity contribution in [2.24, 2.45) is 5.16 Å². The predicted molar refractivity (Wildman–Crippen MR) is 82.2 cm³/mol. The first-order valence-corrected chi connectivity index (χ1v) is 6.69. The minimum Gasteiger partial charge on any atom is -0.411 e. The number of hydrogen-bond acceptors (Lipinski definition) is 7. The topological polar surface area (TPSA) is 127 Å². The molecule has 0 aliphatic heterocycles. The summed E-state index contributed by atoms with van der Waals surface area (Å²) in [7, 11) is 1.36. The third-order valence-corrected chi connectivity index (χ3v) is 3.00. The van der Waals surface area contributed by atoms with E-state index < -0.39 is 11.0 Å². The van der Waals surface area contributed by atoms with Gasteiger partial charge in [-0.05, 0) is 25.1 Å². The van der Waals surface area contributed by atoms with E-state index in [1.807, 2.05) is 0 Å². The number of oxime groups is 1. The van der Waals surface area contributed by atoms with E-state index in [1.165, 1.54) is 44.6 Å². The molecule has 0 aromatic carbocycles. The molecule has 1 unspecified atom stereocenters. The molecule has 0 saturated heterocycles. The Morgan fingerprint density at radius 2 is 2.22 bits per heavy atom. The van der Waals surface area contributed by atoms with Gasteiger partial charge in [0.1, 0.15) is 6.61 Å². The van der Waals surface area contributed by atoms with Crippen LogP contribution in [-0.4, -0.2) is 53.0 Å². The Balaban J connectivity index is 2.72. The van der Waals surface area contributed by atoms with Gasteiger partial charge in [0.25, 0.3) is 11.9 Å². The average Bonchev–Trinajstić information content (AvgIpc) is 2.56. The molecule has 9 nitrogen and oxygen atoms in total. The van der Waals surface area contributed by atoms with Crippen molar-refractivity contribution in [1.82, 2.24) is 10.3 Å². The highest BCUT2D eigenvalue weighted by atomic mass is 16.6. The van der Waals surface area contributed by atoms with Crippen LogP contribution in [0.25, 0.3) is 0 Å². The van der Waals surface area contributed by atoms with Crippen molar-refractivity contribution in [2.45, 2.75) is 13.0 Å². The number of rotatable bonds is 8. The molecule has 0 saturated carbocycles. The highest BCUT2D eigenvalue weighted by Gasteiger charge is 2.22. The Labute approximate surface area is 132 Å². The summed E-state index contributed by atoms with van der Waals surface area (Å²) in [4.78, 5) is 26.1. The van der Waals surface area contributed by atoms with E-state index in [2.05, 4.69) is 15.5 Å². The maximum Gasteiger partial charge on any atom is 0.257 e. The molecule has 1 aromatic rings. The summed E-state index contributed by atoms with van der Waals surface area (Å²) in [6, 6.07) is 2.02. The molecule has 0 aliphatic carbocycles. The van der Waals surface area contributed by atoms with Crippen molar-refractivity contribution < 1.29 is 19.7 Å². The van der Waals surface area contributed by atoms with Gasteiger partial charge < -0.3 is 15.3 Å². The molecular weight excluding hydrogens is 304 g/mol. The molecule has 0 fully saturated rings. The lowest BCUT2D eigenvalue weighted by molar-refractivity contribution is -0.515. The van der Waals surface area contributed by atoms with Crippen LogP contribution in [-0.2, 0) is 4.74 Å². The summed E-state index contributed by atoms with van der Waals surface area (Å²) in [5.41, 5.74) is 0.844. The fourth-order valence-electron chi connectivity index (χ4n) is 1.77. The van der Waals surface area contributed by atoms with Gasteiger partial charge in [-0.3, -0.25) is 19.9 Å². The second kappa shape index (κ2) is 9.26. The number of hydrogen-bond donors (Lipinski definition) is 2. The molecule has 1 aromatic heterocycles. The molecule has 0 radical (unpaired) electrons. The number of amides is 1. The molecule has 9 heteroatoms. The summed E-state index contributed by atoms with van der Waals surface area (Å²) in [6.45, 7) is 1.35. The number of nitrogens with zero attached hydrogens (tertiary/aromatic N) is 3. The lowest BCUT2D eigenvalue weighted by Gasteiger charge is -2.10. The van der Waals surface area contributed by atoms with Gasteiger partial charge in [-0.2, -0.15) is 0 Å². The second-order valence-corrected chi connectivity index (χ2v) is 4.65. The first kappa shape index (κ1) is 18.2. The van der Waals surface area contributed by atoms with Crippen molar-refractivity contribution in [1.29, 1.82) is 0 Å². The van der Waals surface area contributed by atoms with E-state index in [9.17, 15) is 14.9 Å². The van der Waals surface area contributed by atoms with Gasteiger partial charge in [-0.1, -0.05) is 5.16 Å². The first-order chi connectivity index (χ1) is 11.0. The van der Waals surface area contributed by atoms with Crippen molar-refractivity contribution in [3.05, 3.63) is 51.9 Å².